The lowest BCUT2D eigenvalue weighted by Crippen LogP contribution is -1.99. The Morgan fingerprint density at radius 1 is 0.826 bits per heavy atom. The minimum Gasteiger partial charge on any atom is -0.493 e. The predicted molar refractivity (Wildman–Crippen MR) is 101 cm³/mol. The highest BCUT2D eigenvalue weighted by molar-refractivity contribution is 5.72. The standard InChI is InChI=1S/C22H28O/c1-5-7-19-8-10-20(11-9-19)12-13-21-14-15-22(23-16-6-2)18(4)17(21)3/h8-15H,5-7,16H2,1-4H3. The Morgan fingerprint density at radius 2 is 1.57 bits per heavy atom. The van der Waals surface area contributed by atoms with Gasteiger partial charge < -0.3 is 4.74 Å². The van der Waals surface area contributed by atoms with Crippen molar-refractivity contribution in [3.63, 3.8) is 0 Å². The fourth-order valence-corrected chi connectivity index (χ4v) is 2.64. The van der Waals surface area contributed by atoms with Crippen molar-refractivity contribution < 1.29 is 4.74 Å². The van der Waals surface area contributed by atoms with E-state index in [2.05, 4.69) is 76.2 Å². The second-order valence-corrected chi connectivity index (χ2v) is 6.08. The average Bonchev–Trinajstić information content (AvgIpc) is 2.57. The average molecular weight is 308 g/mol. The third-order valence-electron chi connectivity index (χ3n) is 4.21. The molecule has 0 N–H and O–H groups in total. The van der Waals surface area contributed by atoms with Crippen molar-refractivity contribution in [1.29, 1.82) is 0 Å². The summed E-state index contributed by atoms with van der Waals surface area (Å²) >= 11 is 0. The summed E-state index contributed by atoms with van der Waals surface area (Å²) in [6.45, 7) is 9.42. The minimum absolute atomic E-state index is 0.777. The second-order valence-electron chi connectivity index (χ2n) is 6.08. The van der Waals surface area contributed by atoms with Gasteiger partial charge in [-0.3, -0.25) is 0 Å². The van der Waals surface area contributed by atoms with Crippen molar-refractivity contribution in [2.45, 2.75) is 47.0 Å². The molecular formula is C22H28O. The molecule has 0 saturated carbocycles. The van der Waals surface area contributed by atoms with Crippen molar-refractivity contribution in [3.05, 3.63) is 64.2 Å². The van der Waals surface area contributed by atoms with Crippen molar-refractivity contribution >= 4 is 12.2 Å². The summed E-state index contributed by atoms with van der Waals surface area (Å²) in [5, 5.41) is 0. The third-order valence-corrected chi connectivity index (χ3v) is 4.21. The quantitative estimate of drug-likeness (QED) is 0.552. The zero-order chi connectivity index (χ0) is 16.7. The monoisotopic (exact) mass is 308 g/mol. The summed E-state index contributed by atoms with van der Waals surface area (Å²) in [6.07, 6.45) is 7.76. The van der Waals surface area contributed by atoms with Crippen LogP contribution in [0.4, 0.5) is 0 Å². The normalized spacial score (nSPS) is 11.1. The van der Waals surface area contributed by atoms with Gasteiger partial charge in [-0.2, -0.15) is 0 Å². The van der Waals surface area contributed by atoms with Crippen LogP contribution in [-0.4, -0.2) is 6.61 Å². The summed E-state index contributed by atoms with van der Waals surface area (Å²) < 4.78 is 5.80. The Morgan fingerprint density at radius 3 is 2.22 bits per heavy atom. The van der Waals surface area contributed by atoms with Crippen LogP contribution in [0.1, 0.15) is 54.5 Å². The first kappa shape index (κ1) is 17.3. The Hall–Kier alpha value is -2.02. The molecule has 122 valence electrons. The van der Waals surface area contributed by atoms with Gasteiger partial charge in [-0.25, -0.2) is 0 Å². The van der Waals surface area contributed by atoms with Crippen LogP contribution in [0, 0.1) is 13.8 Å². The van der Waals surface area contributed by atoms with Gasteiger partial charge in [-0.15, -0.1) is 0 Å². The molecule has 0 heterocycles. The molecule has 2 aromatic rings. The largest absolute Gasteiger partial charge is 0.493 e. The predicted octanol–water partition coefficient (Wildman–Crippen LogP) is 6.22. The van der Waals surface area contributed by atoms with Crippen LogP contribution in [0.5, 0.6) is 5.75 Å². The SMILES string of the molecule is CCCOc1ccc(C=Cc2ccc(CCC)cc2)c(C)c1C. The molecule has 2 aromatic carbocycles. The molecule has 0 amide bonds. The maximum Gasteiger partial charge on any atom is 0.122 e. The second kappa shape index (κ2) is 8.57. The maximum atomic E-state index is 5.80. The number of benzene rings is 2. The lowest BCUT2D eigenvalue weighted by Gasteiger charge is -2.12. The Balaban J connectivity index is 2.14. The molecule has 0 unspecified atom stereocenters. The zero-order valence-electron chi connectivity index (χ0n) is 14.9. The molecular weight excluding hydrogens is 280 g/mol. The van der Waals surface area contributed by atoms with E-state index in [0.717, 1.165) is 25.2 Å². The van der Waals surface area contributed by atoms with Crippen molar-refractivity contribution in [3.8, 4) is 5.75 Å². The van der Waals surface area contributed by atoms with E-state index in [1.807, 2.05) is 0 Å². The number of hydrogen-bond donors (Lipinski definition) is 0. The van der Waals surface area contributed by atoms with E-state index >= 15 is 0 Å². The first-order valence-corrected chi connectivity index (χ1v) is 8.65. The van der Waals surface area contributed by atoms with E-state index in [1.165, 1.54) is 34.2 Å². The van der Waals surface area contributed by atoms with Gasteiger partial charge in [0.2, 0.25) is 0 Å². The van der Waals surface area contributed by atoms with Crippen LogP contribution < -0.4 is 4.74 Å². The van der Waals surface area contributed by atoms with Crippen LogP contribution in [0.15, 0.2) is 36.4 Å². The Bertz CT molecular complexity index is 650. The lowest BCUT2D eigenvalue weighted by atomic mass is 10.0. The molecule has 0 bridgehead atoms. The summed E-state index contributed by atoms with van der Waals surface area (Å²) in [5.74, 6) is 1.01. The van der Waals surface area contributed by atoms with Crippen molar-refractivity contribution in [2.24, 2.45) is 0 Å². The van der Waals surface area contributed by atoms with E-state index in [1.54, 1.807) is 0 Å². The maximum absolute atomic E-state index is 5.80. The van der Waals surface area contributed by atoms with E-state index in [-0.39, 0.29) is 0 Å². The fraction of sp³-hybridized carbons (Fsp3) is 0.364. The van der Waals surface area contributed by atoms with Gasteiger partial charge in [0, 0.05) is 0 Å². The van der Waals surface area contributed by atoms with E-state index < -0.39 is 0 Å². The minimum atomic E-state index is 0.777. The molecule has 0 aliphatic carbocycles. The highest BCUT2D eigenvalue weighted by Gasteiger charge is 2.05. The molecule has 0 saturated heterocycles. The van der Waals surface area contributed by atoms with Crippen LogP contribution in [0.3, 0.4) is 0 Å². The smallest absolute Gasteiger partial charge is 0.122 e. The summed E-state index contributed by atoms with van der Waals surface area (Å²) in [7, 11) is 0. The highest BCUT2D eigenvalue weighted by Crippen LogP contribution is 2.25. The van der Waals surface area contributed by atoms with Gasteiger partial charge in [-0.1, -0.05) is 62.8 Å². The van der Waals surface area contributed by atoms with Crippen molar-refractivity contribution in [1.82, 2.24) is 0 Å². The molecule has 0 spiro atoms. The van der Waals surface area contributed by atoms with Gasteiger partial charge in [0.15, 0.2) is 0 Å². The topological polar surface area (TPSA) is 9.23 Å². The van der Waals surface area contributed by atoms with Gasteiger partial charge in [0.1, 0.15) is 5.75 Å². The van der Waals surface area contributed by atoms with E-state index in [0.29, 0.717) is 0 Å². The molecule has 0 atom stereocenters. The van der Waals surface area contributed by atoms with Crippen molar-refractivity contribution in [2.75, 3.05) is 6.61 Å². The molecule has 23 heavy (non-hydrogen) atoms. The zero-order valence-corrected chi connectivity index (χ0v) is 14.9. The summed E-state index contributed by atoms with van der Waals surface area (Å²) in [5.41, 5.74) is 6.43. The number of rotatable bonds is 7. The molecule has 0 fully saturated rings. The fourth-order valence-electron chi connectivity index (χ4n) is 2.64. The first-order chi connectivity index (χ1) is 11.2. The molecule has 1 heteroatoms. The number of aryl methyl sites for hydroxylation is 1. The molecule has 0 aliphatic heterocycles. The molecule has 0 radical (unpaired) electrons. The van der Waals surface area contributed by atoms with Gasteiger partial charge in [-0.05, 0) is 60.6 Å². The van der Waals surface area contributed by atoms with E-state index in [9.17, 15) is 0 Å². The lowest BCUT2D eigenvalue weighted by molar-refractivity contribution is 0.315. The van der Waals surface area contributed by atoms with Crippen LogP contribution in [0.2, 0.25) is 0 Å². The van der Waals surface area contributed by atoms with Crippen LogP contribution in [0.25, 0.3) is 12.2 Å². The number of ether oxygens (including phenoxy) is 1. The van der Waals surface area contributed by atoms with Gasteiger partial charge in [0.25, 0.3) is 0 Å². The molecule has 0 aromatic heterocycles. The Kier molecular flexibility index (Phi) is 6.46. The highest BCUT2D eigenvalue weighted by atomic mass is 16.5. The van der Waals surface area contributed by atoms with Crippen LogP contribution in [-0.2, 0) is 6.42 Å². The number of hydrogen-bond acceptors (Lipinski definition) is 1. The van der Waals surface area contributed by atoms with E-state index in [4.69, 9.17) is 4.74 Å². The van der Waals surface area contributed by atoms with Crippen LogP contribution >= 0.6 is 0 Å². The molecule has 0 aliphatic rings. The Labute approximate surface area is 141 Å². The van der Waals surface area contributed by atoms with Gasteiger partial charge >= 0.3 is 0 Å². The summed E-state index contributed by atoms with van der Waals surface area (Å²) in [4.78, 5) is 0. The molecule has 2 rings (SSSR count). The van der Waals surface area contributed by atoms with Gasteiger partial charge in [0.05, 0.1) is 6.61 Å². The first-order valence-electron chi connectivity index (χ1n) is 8.65. The summed E-state index contributed by atoms with van der Waals surface area (Å²) in [6, 6.07) is 13.1. The molecule has 1 nitrogen and oxygen atoms in total. The third kappa shape index (κ3) is 4.72.